The van der Waals surface area contributed by atoms with Gasteiger partial charge in [-0.1, -0.05) is 6.58 Å². The zero-order valence-electron chi connectivity index (χ0n) is 5.29. The first kappa shape index (κ1) is 6.80. The minimum atomic E-state index is -0.509. The van der Waals surface area contributed by atoms with Crippen molar-refractivity contribution in [3.63, 3.8) is 0 Å². The average Bonchev–Trinajstić information content (AvgIpc) is 1.84. The molecule has 0 aromatic heterocycles. The minimum Gasteiger partial charge on any atom is -0.438 e. The number of hydrogen-bond acceptors (Lipinski definition) is 3. The summed E-state index contributed by atoms with van der Waals surface area (Å²) >= 11 is 0. The number of nitrogens with one attached hydrogen (secondary N) is 1. The van der Waals surface area contributed by atoms with Gasteiger partial charge >= 0.3 is 5.97 Å². The number of esters is 1. The summed E-state index contributed by atoms with van der Waals surface area (Å²) in [5, 5.41) is 2.38. The van der Waals surface area contributed by atoms with Crippen LogP contribution >= 0.6 is 0 Å². The molecule has 10 heavy (non-hydrogen) atoms. The zero-order chi connectivity index (χ0) is 7.56. The highest BCUT2D eigenvalue weighted by Crippen LogP contribution is 2.05. The van der Waals surface area contributed by atoms with E-state index in [2.05, 4.69) is 16.6 Å². The Morgan fingerprint density at radius 3 is 2.90 bits per heavy atom. The van der Waals surface area contributed by atoms with E-state index in [0.717, 1.165) is 6.08 Å². The summed E-state index contributed by atoms with van der Waals surface area (Å²) in [4.78, 5) is 20.7. The lowest BCUT2D eigenvalue weighted by Crippen LogP contribution is -2.50. The zero-order valence-corrected chi connectivity index (χ0v) is 5.29. The maximum Gasteiger partial charge on any atom is 0.332 e. The Balaban J connectivity index is 2.22. The third kappa shape index (κ3) is 1.34. The molecule has 0 bridgehead atoms. The summed E-state index contributed by atoms with van der Waals surface area (Å²) in [5.41, 5.74) is 0. The van der Waals surface area contributed by atoms with Crippen LogP contribution in [-0.2, 0) is 14.3 Å². The normalized spacial score (nSPS) is 22.4. The smallest absolute Gasteiger partial charge is 0.332 e. The standard InChI is InChI=1S/C6H7NO3/c1-2-6(9)10-5-3-4(8)7-5/h2,5H,1,3H2,(H,7,8). The number of ether oxygens (including phenoxy) is 1. The highest BCUT2D eigenvalue weighted by molar-refractivity contribution is 5.85. The van der Waals surface area contributed by atoms with Crippen molar-refractivity contribution in [1.29, 1.82) is 0 Å². The van der Waals surface area contributed by atoms with Crippen molar-refractivity contribution >= 4 is 11.9 Å². The first-order valence-corrected chi connectivity index (χ1v) is 2.85. The van der Waals surface area contributed by atoms with Crippen molar-refractivity contribution in [2.24, 2.45) is 0 Å². The number of β-lactam (4-membered cyclic amide) rings is 1. The molecule has 1 atom stereocenters. The van der Waals surface area contributed by atoms with Gasteiger partial charge in [0.05, 0.1) is 6.42 Å². The fraction of sp³-hybridized carbons (Fsp3) is 0.333. The molecular formula is C6H7NO3. The predicted octanol–water partition coefficient (Wildman–Crippen LogP) is -0.438. The second kappa shape index (κ2) is 2.51. The highest BCUT2D eigenvalue weighted by Gasteiger charge is 2.27. The number of carbonyl (C=O) groups excluding carboxylic acids is 2. The summed E-state index contributed by atoms with van der Waals surface area (Å²) in [6, 6.07) is 0. The van der Waals surface area contributed by atoms with E-state index in [1.807, 2.05) is 0 Å². The van der Waals surface area contributed by atoms with Gasteiger partial charge in [0.15, 0.2) is 6.23 Å². The van der Waals surface area contributed by atoms with Crippen molar-refractivity contribution in [2.45, 2.75) is 12.6 Å². The van der Waals surface area contributed by atoms with Crippen LogP contribution in [0.3, 0.4) is 0 Å². The van der Waals surface area contributed by atoms with Gasteiger partial charge in [0.2, 0.25) is 5.91 Å². The molecule has 1 saturated heterocycles. The Morgan fingerprint density at radius 2 is 2.50 bits per heavy atom. The Kier molecular flexibility index (Phi) is 1.71. The van der Waals surface area contributed by atoms with Gasteiger partial charge in [-0.2, -0.15) is 0 Å². The fourth-order valence-electron chi connectivity index (χ4n) is 0.586. The lowest BCUT2D eigenvalue weighted by atomic mass is 10.2. The third-order valence-corrected chi connectivity index (χ3v) is 1.12. The minimum absolute atomic E-state index is 0.0955. The molecule has 1 rings (SSSR count). The van der Waals surface area contributed by atoms with Gasteiger partial charge < -0.3 is 10.1 Å². The quantitative estimate of drug-likeness (QED) is 0.322. The molecule has 4 nitrogen and oxygen atoms in total. The fourth-order valence-corrected chi connectivity index (χ4v) is 0.586. The summed E-state index contributed by atoms with van der Waals surface area (Å²) in [5.74, 6) is -0.605. The molecular weight excluding hydrogens is 134 g/mol. The SMILES string of the molecule is C=CC(=O)OC1CC(=O)N1. The summed E-state index contributed by atoms with van der Waals surface area (Å²) in [7, 11) is 0. The van der Waals surface area contributed by atoms with Gasteiger partial charge in [-0.3, -0.25) is 4.79 Å². The molecule has 1 fully saturated rings. The molecule has 0 radical (unpaired) electrons. The van der Waals surface area contributed by atoms with Crippen LogP contribution in [0.15, 0.2) is 12.7 Å². The van der Waals surface area contributed by atoms with Crippen LogP contribution < -0.4 is 5.32 Å². The summed E-state index contributed by atoms with van der Waals surface area (Å²) in [6.07, 6.45) is 0.891. The van der Waals surface area contributed by atoms with Crippen LogP contribution in [0.1, 0.15) is 6.42 Å². The number of hydrogen-bond donors (Lipinski definition) is 1. The van der Waals surface area contributed by atoms with Crippen LogP contribution in [0.4, 0.5) is 0 Å². The number of carbonyl (C=O) groups is 2. The van der Waals surface area contributed by atoms with Crippen molar-refractivity contribution in [2.75, 3.05) is 0 Å². The molecule has 1 N–H and O–H groups in total. The molecule has 1 aliphatic heterocycles. The van der Waals surface area contributed by atoms with Crippen molar-refractivity contribution in [3.8, 4) is 0 Å². The molecule has 1 unspecified atom stereocenters. The van der Waals surface area contributed by atoms with Crippen molar-refractivity contribution in [1.82, 2.24) is 5.32 Å². The van der Waals surface area contributed by atoms with E-state index in [4.69, 9.17) is 0 Å². The van der Waals surface area contributed by atoms with Gasteiger partial charge in [0.1, 0.15) is 0 Å². The molecule has 4 heteroatoms. The van der Waals surface area contributed by atoms with Crippen LogP contribution in [0, 0.1) is 0 Å². The second-order valence-electron chi connectivity index (χ2n) is 1.90. The molecule has 0 aromatic carbocycles. The largest absolute Gasteiger partial charge is 0.438 e. The number of amides is 1. The van der Waals surface area contributed by atoms with Crippen molar-refractivity contribution in [3.05, 3.63) is 12.7 Å². The molecule has 1 aliphatic rings. The molecule has 1 amide bonds. The van der Waals surface area contributed by atoms with Crippen molar-refractivity contribution < 1.29 is 14.3 Å². The molecule has 0 saturated carbocycles. The van der Waals surface area contributed by atoms with Crippen LogP contribution in [0.25, 0.3) is 0 Å². The van der Waals surface area contributed by atoms with E-state index < -0.39 is 12.2 Å². The Morgan fingerprint density at radius 1 is 1.90 bits per heavy atom. The third-order valence-electron chi connectivity index (χ3n) is 1.12. The average molecular weight is 141 g/mol. The molecule has 1 heterocycles. The monoisotopic (exact) mass is 141 g/mol. The van der Waals surface area contributed by atoms with Crippen LogP contribution in [-0.4, -0.2) is 18.1 Å². The summed E-state index contributed by atoms with van der Waals surface area (Å²) in [6.45, 7) is 3.20. The van der Waals surface area contributed by atoms with E-state index >= 15 is 0 Å². The maximum atomic E-state index is 10.4. The Bertz CT molecular complexity index is 179. The lowest BCUT2D eigenvalue weighted by molar-refractivity contribution is -0.156. The first-order valence-electron chi connectivity index (χ1n) is 2.85. The van der Waals surface area contributed by atoms with Gasteiger partial charge in [0, 0.05) is 6.08 Å². The number of rotatable bonds is 2. The van der Waals surface area contributed by atoms with Crippen LogP contribution in [0.2, 0.25) is 0 Å². The van der Waals surface area contributed by atoms with Gasteiger partial charge in [-0.05, 0) is 0 Å². The van der Waals surface area contributed by atoms with E-state index in [1.54, 1.807) is 0 Å². The lowest BCUT2D eigenvalue weighted by Gasteiger charge is -2.25. The van der Waals surface area contributed by atoms with E-state index in [-0.39, 0.29) is 12.3 Å². The van der Waals surface area contributed by atoms with E-state index in [1.165, 1.54) is 0 Å². The topological polar surface area (TPSA) is 55.4 Å². The Hall–Kier alpha value is -1.32. The second-order valence-corrected chi connectivity index (χ2v) is 1.90. The van der Waals surface area contributed by atoms with E-state index in [0.29, 0.717) is 0 Å². The first-order chi connectivity index (χ1) is 4.72. The molecule has 0 aliphatic carbocycles. The van der Waals surface area contributed by atoms with Gasteiger partial charge in [-0.15, -0.1) is 0 Å². The highest BCUT2D eigenvalue weighted by atomic mass is 16.6. The molecule has 0 spiro atoms. The van der Waals surface area contributed by atoms with Gasteiger partial charge in [0.25, 0.3) is 0 Å². The van der Waals surface area contributed by atoms with Gasteiger partial charge in [-0.25, -0.2) is 4.79 Å². The maximum absolute atomic E-state index is 10.4. The molecule has 54 valence electrons. The van der Waals surface area contributed by atoms with E-state index in [9.17, 15) is 9.59 Å². The molecule has 0 aromatic rings. The summed E-state index contributed by atoms with van der Waals surface area (Å²) < 4.78 is 4.62. The predicted molar refractivity (Wildman–Crippen MR) is 32.8 cm³/mol. The Labute approximate surface area is 57.9 Å². The van der Waals surface area contributed by atoms with Crippen LogP contribution in [0.5, 0.6) is 0 Å².